The summed E-state index contributed by atoms with van der Waals surface area (Å²) in [6.45, 7) is 8.08. The average molecular weight is 229 g/mol. The van der Waals surface area contributed by atoms with Crippen LogP contribution in [0.1, 0.15) is 39.2 Å². The number of nitrogens with zero attached hydrogens (tertiary/aromatic N) is 1. The van der Waals surface area contributed by atoms with Crippen molar-refractivity contribution in [2.75, 3.05) is 6.26 Å². The first-order chi connectivity index (χ1) is 6.91. The zero-order chi connectivity index (χ0) is 12.1. The van der Waals surface area contributed by atoms with Gasteiger partial charge in [-0.05, 0) is 17.5 Å². The summed E-state index contributed by atoms with van der Waals surface area (Å²) in [7, 11) is -3.16. The van der Waals surface area contributed by atoms with Gasteiger partial charge in [-0.2, -0.15) is 0 Å². The molecule has 0 radical (unpaired) electrons. The minimum absolute atomic E-state index is 0.136. The van der Waals surface area contributed by atoms with E-state index in [0.29, 0.717) is 5.92 Å². The zero-order valence-electron chi connectivity index (χ0n) is 9.98. The normalized spacial score (nSPS) is 10.8. The van der Waals surface area contributed by atoms with Crippen molar-refractivity contribution in [3.05, 3.63) is 23.9 Å². The van der Waals surface area contributed by atoms with E-state index in [2.05, 4.69) is 4.98 Å². The number of pyridine rings is 1. The third-order valence-electron chi connectivity index (χ3n) is 1.81. The Hall–Kier alpha value is -0.900. The maximum atomic E-state index is 11.1. The van der Waals surface area contributed by atoms with Crippen molar-refractivity contribution >= 4 is 9.84 Å². The Labute approximate surface area is 92.5 Å². The molecule has 0 fully saturated rings. The first kappa shape index (κ1) is 14.1. The molecule has 4 heteroatoms. The standard InChI is InChI=1S/C9H13NO2S.C2H6/c1-7(2)8-4-5-9(10-6-8)13(3,11)12;1-2/h4-7H,1-3H3;1-2H3. The van der Waals surface area contributed by atoms with Crippen LogP contribution in [0.5, 0.6) is 0 Å². The van der Waals surface area contributed by atoms with Gasteiger partial charge in [-0.15, -0.1) is 0 Å². The van der Waals surface area contributed by atoms with Crippen molar-refractivity contribution in [3.63, 3.8) is 0 Å². The van der Waals surface area contributed by atoms with E-state index >= 15 is 0 Å². The van der Waals surface area contributed by atoms with Crippen LogP contribution >= 0.6 is 0 Å². The lowest BCUT2D eigenvalue weighted by Gasteiger charge is -2.04. The molecule has 0 bridgehead atoms. The van der Waals surface area contributed by atoms with E-state index in [-0.39, 0.29) is 5.03 Å². The summed E-state index contributed by atoms with van der Waals surface area (Å²) in [6.07, 6.45) is 2.77. The maximum absolute atomic E-state index is 11.1. The Balaban J connectivity index is 0.000000921. The predicted molar refractivity (Wildman–Crippen MR) is 62.8 cm³/mol. The Kier molecular flexibility index (Phi) is 5.50. The number of rotatable bonds is 2. The van der Waals surface area contributed by atoms with Crippen molar-refractivity contribution in [2.24, 2.45) is 0 Å². The molecule has 1 heterocycles. The molecule has 86 valence electrons. The molecule has 0 aliphatic heterocycles. The lowest BCUT2D eigenvalue weighted by molar-refractivity contribution is 0.598. The van der Waals surface area contributed by atoms with Crippen molar-refractivity contribution < 1.29 is 8.42 Å². The van der Waals surface area contributed by atoms with E-state index in [0.717, 1.165) is 11.8 Å². The Morgan fingerprint density at radius 1 is 1.20 bits per heavy atom. The molecule has 0 unspecified atom stereocenters. The Bertz CT molecular complexity index is 380. The van der Waals surface area contributed by atoms with Crippen LogP contribution in [0.3, 0.4) is 0 Å². The van der Waals surface area contributed by atoms with Crippen LogP contribution in [0.15, 0.2) is 23.4 Å². The van der Waals surface area contributed by atoms with Crippen molar-refractivity contribution in [3.8, 4) is 0 Å². The van der Waals surface area contributed by atoms with Gasteiger partial charge in [0.05, 0.1) is 0 Å². The van der Waals surface area contributed by atoms with Gasteiger partial charge in [0.1, 0.15) is 0 Å². The molecule has 0 saturated heterocycles. The van der Waals surface area contributed by atoms with Gasteiger partial charge in [-0.25, -0.2) is 13.4 Å². The highest BCUT2D eigenvalue weighted by Crippen LogP contribution is 2.14. The van der Waals surface area contributed by atoms with Gasteiger partial charge in [0.25, 0.3) is 0 Å². The van der Waals surface area contributed by atoms with E-state index in [4.69, 9.17) is 0 Å². The molecule has 0 spiro atoms. The number of sulfone groups is 1. The van der Waals surface area contributed by atoms with E-state index in [1.165, 1.54) is 0 Å². The van der Waals surface area contributed by atoms with Crippen LogP contribution in [-0.4, -0.2) is 19.7 Å². The molecule has 15 heavy (non-hydrogen) atoms. The van der Waals surface area contributed by atoms with Crippen molar-refractivity contribution in [1.29, 1.82) is 0 Å². The minimum atomic E-state index is -3.16. The first-order valence-corrected chi connectivity index (χ1v) is 6.96. The second kappa shape index (κ2) is 5.85. The third-order valence-corrected chi connectivity index (χ3v) is 2.81. The van der Waals surface area contributed by atoms with Crippen LogP contribution in [-0.2, 0) is 9.84 Å². The summed E-state index contributed by atoms with van der Waals surface area (Å²) in [5.41, 5.74) is 1.05. The number of hydrogen-bond donors (Lipinski definition) is 0. The van der Waals surface area contributed by atoms with Gasteiger partial charge in [0.2, 0.25) is 0 Å². The Morgan fingerprint density at radius 3 is 2.00 bits per heavy atom. The van der Waals surface area contributed by atoms with Crippen LogP contribution in [0.4, 0.5) is 0 Å². The van der Waals surface area contributed by atoms with Crippen LogP contribution in [0.25, 0.3) is 0 Å². The summed E-state index contributed by atoms with van der Waals surface area (Å²) in [6, 6.07) is 3.35. The van der Waals surface area contributed by atoms with E-state index in [1.807, 2.05) is 27.7 Å². The molecule has 1 rings (SSSR count). The molecule has 0 N–H and O–H groups in total. The fourth-order valence-electron chi connectivity index (χ4n) is 0.953. The highest BCUT2D eigenvalue weighted by atomic mass is 32.2. The van der Waals surface area contributed by atoms with Gasteiger partial charge in [-0.1, -0.05) is 33.8 Å². The highest BCUT2D eigenvalue weighted by Gasteiger charge is 2.08. The molecule has 1 aromatic heterocycles. The molecule has 0 amide bonds. The molecular formula is C11H19NO2S. The van der Waals surface area contributed by atoms with Gasteiger partial charge in [0.15, 0.2) is 14.9 Å². The maximum Gasteiger partial charge on any atom is 0.192 e. The predicted octanol–water partition coefficient (Wildman–Crippen LogP) is 2.63. The highest BCUT2D eigenvalue weighted by molar-refractivity contribution is 7.90. The quantitative estimate of drug-likeness (QED) is 0.783. The first-order valence-electron chi connectivity index (χ1n) is 5.07. The summed E-state index contributed by atoms with van der Waals surface area (Å²) in [5.74, 6) is 0.376. The number of hydrogen-bond acceptors (Lipinski definition) is 3. The lowest BCUT2D eigenvalue weighted by atomic mass is 10.1. The fraction of sp³-hybridized carbons (Fsp3) is 0.545. The zero-order valence-corrected chi connectivity index (χ0v) is 10.8. The third kappa shape index (κ3) is 4.42. The molecule has 0 aromatic carbocycles. The largest absolute Gasteiger partial charge is 0.244 e. The summed E-state index contributed by atoms with van der Waals surface area (Å²) in [5, 5.41) is 0.136. The topological polar surface area (TPSA) is 47.0 Å². The van der Waals surface area contributed by atoms with Gasteiger partial charge < -0.3 is 0 Å². The summed E-state index contributed by atoms with van der Waals surface area (Å²) < 4.78 is 22.1. The number of aromatic nitrogens is 1. The van der Waals surface area contributed by atoms with Crippen LogP contribution in [0.2, 0.25) is 0 Å². The van der Waals surface area contributed by atoms with Gasteiger partial charge in [0, 0.05) is 12.5 Å². The smallest absolute Gasteiger partial charge is 0.192 e. The van der Waals surface area contributed by atoms with E-state index < -0.39 is 9.84 Å². The van der Waals surface area contributed by atoms with Gasteiger partial charge >= 0.3 is 0 Å². The van der Waals surface area contributed by atoms with Crippen molar-refractivity contribution in [1.82, 2.24) is 4.98 Å². The Morgan fingerprint density at radius 2 is 1.73 bits per heavy atom. The second-order valence-corrected chi connectivity index (χ2v) is 5.32. The molecule has 1 aromatic rings. The van der Waals surface area contributed by atoms with Gasteiger partial charge in [-0.3, -0.25) is 0 Å². The van der Waals surface area contributed by atoms with E-state index in [1.54, 1.807) is 18.3 Å². The van der Waals surface area contributed by atoms with E-state index in [9.17, 15) is 8.42 Å². The fourth-order valence-corrected chi connectivity index (χ4v) is 1.51. The lowest BCUT2D eigenvalue weighted by Crippen LogP contribution is -2.01. The van der Waals surface area contributed by atoms with Crippen LogP contribution < -0.4 is 0 Å². The summed E-state index contributed by atoms with van der Waals surface area (Å²) >= 11 is 0. The monoisotopic (exact) mass is 229 g/mol. The molecular weight excluding hydrogens is 210 g/mol. The van der Waals surface area contributed by atoms with Crippen LogP contribution in [0, 0.1) is 0 Å². The average Bonchev–Trinajstić information content (AvgIpc) is 2.20. The minimum Gasteiger partial charge on any atom is -0.244 e. The molecule has 0 saturated carbocycles. The molecule has 0 aliphatic rings. The SMILES string of the molecule is CC.CC(C)c1ccc(S(C)(=O)=O)nc1. The molecule has 0 aliphatic carbocycles. The molecule has 0 atom stereocenters. The van der Waals surface area contributed by atoms with Crippen molar-refractivity contribution in [2.45, 2.75) is 38.6 Å². The molecule has 3 nitrogen and oxygen atoms in total. The summed E-state index contributed by atoms with van der Waals surface area (Å²) in [4.78, 5) is 3.88. The second-order valence-electron chi connectivity index (χ2n) is 3.36.